The highest BCUT2D eigenvalue weighted by Gasteiger charge is 2.20. The molecule has 11 heteroatoms. The van der Waals surface area contributed by atoms with E-state index >= 15 is 0 Å². The standard InChI is InChI=1S/C31H19Br2ClFN3O4/c1-40-25-14-19(27(33)28(34)29(25)41-16-17-6-2-4-8-22(17)35)15-36-38-30(37-23-9-5-3-7-21(23)31(38)39)26-13-18-12-20(32)10-11-24(18)42-26/h2-15H,16H2,1H3. The minimum atomic E-state index is -0.391. The van der Waals surface area contributed by atoms with E-state index in [0.29, 0.717) is 43.6 Å². The number of aromatic nitrogens is 2. The van der Waals surface area contributed by atoms with Crippen LogP contribution in [0.4, 0.5) is 4.39 Å². The van der Waals surface area contributed by atoms with E-state index in [0.717, 1.165) is 9.86 Å². The van der Waals surface area contributed by atoms with Crippen molar-refractivity contribution in [1.82, 2.24) is 9.66 Å². The number of methoxy groups -OCH3 is 1. The summed E-state index contributed by atoms with van der Waals surface area (Å²) in [6.45, 7) is -0.0573. The predicted octanol–water partition coefficient (Wildman–Crippen LogP) is 8.60. The zero-order valence-corrected chi connectivity index (χ0v) is 25.7. The van der Waals surface area contributed by atoms with Gasteiger partial charge in [-0.3, -0.25) is 4.79 Å². The molecular weight excluding hydrogens is 693 g/mol. The minimum absolute atomic E-state index is 0.0573. The van der Waals surface area contributed by atoms with Crippen LogP contribution in [0.5, 0.6) is 11.5 Å². The number of rotatable bonds is 7. The molecule has 0 aliphatic carbocycles. The summed E-state index contributed by atoms with van der Waals surface area (Å²) < 4.78 is 34.1. The molecule has 210 valence electrons. The lowest BCUT2D eigenvalue weighted by molar-refractivity contribution is 0.279. The Morgan fingerprint density at radius 3 is 2.67 bits per heavy atom. The largest absolute Gasteiger partial charge is 0.493 e. The Labute approximate surface area is 260 Å². The van der Waals surface area contributed by atoms with Crippen LogP contribution in [0.25, 0.3) is 33.5 Å². The van der Waals surface area contributed by atoms with Crippen molar-refractivity contribution in [2.75, 3.05) is 7.11 Å². The van der Waals surface area contributed by atoms with Crippen LogP contribution in [0.1, 0.15) is 11.1 Å². The molecular formula is C31H19Br2ClFN3O4. The molecule has 42 heavy (non-hydrogen) atoms. The molecule has 0 fully saturated rings. The van der Waals surface area contributed by atoms with E-state index in [1.807, 2.05) is 24.3 Å². The molecule has 0 saturated carbocycles. The van der Waals surface area contributed by atoms with Crippen LogP contribution in [0.3, 0.4) is 0 Å². The van der Waals surface area contributed by atoms with Crippen LogP contribution in [-0.2, 0) is 6.61 Å². The van der Waals surface area contributed by atoms with E-state index in [2.05, 4.69) is 37.0 Å². The molecule has 0 atom stereocenters. The van der Waals surface area contributed by atoms with Crippen LogP contribution >= 0.6 is 43.5 Å². The second-order valence-electron chi connectivity index (χ2n) is 9.11. The molecule has 0 spiro atoms. The molecule has 4 aromatic carbocycles. The monoisotopic (exact) mass is 709 g/mol. The summed E-state index contributed by atoms with van der Waals surface area (Å²) in [5.41, 5.74) is 1.62. The van der Waals surface area contributed by atoms with E-state index in [9.17, 15) is 9.18 Å². The summed E-state index contributed by atoms with van der Waals surface area (Å²) in [6, 6.07) is 22.4. The van der Waals surface area contributed by atoms with Gasteiger partial charge in [-0.05, 0) is 64.5 Å². The van der Waals surface area contributed by atoms with Gasteiger partial charge in [0, 0.05) is 25.5 Å². The van der Waals surface area contributed by atoms with Crippen molar-refractivity contribution in [3.05, 3.63) is 120 Å². The van der Waals surface area contributed by atoms with Crippen molar-refractivity contribution in [3.63, 3.8) is 0 Å². The zero-order valence-electron chi connectivity index (χ0n) is 21.8. The van der Waals surface area contributed by atoms with Gasteiger partial charge in [-0.2, -0.15) is 9.78 Å². The normalized spacial score (nSPS) is 11.5. The van der Waals surface area contributed by atoms with Crippen molar-refractivity contribution in [3.8, 4) is 23.1 Å². The van der Waals surface area contributed by atoms with Crippen molar-refractivity contribution >= 4 is 71.5 Å². The lowest BCUT2D eigenvalue weighted by Crippen LogP contribution is -2.20. The molecule has 0 unspecified atom stereocenters. The Hall–Kier alpha value is -3.99. The average molecular weight is 712 g/mol. The summed E-state index contributed by atoms with van der Waals surface area (Å²) >= 11 is 13.6. The van der Waals surface area contributed by atoms with Crippen LogP contribution < -0.4 is 15.0 Å². The fourth-order valence-corrected chi connectivity index (χ4v) is 5.42. The SMILES string of the molecule is COc1cc(C=Nn2c(-c3cc4cc(Br)ccc4o3)nc3ccccc3c2=O)c(Br)c(Cl)c1OCc1ccccc1F. The molecule has 0 bridgehead atoms. The van der Waals surface area contributed by atoms with Crippen molar-refractivity contribution in [2.45, 2.75) is 6.61 Å². The first-order valence-electron chi connectivity index (χ1n) is 12.5. The fourth-order valence-electron chi connectivity index (χ4n) is 4.38. The number of benzene rings is 4. The second kappa shape index (κ2) is 11.7. The first-order valence-corrected chi connectivity index (χ1v) is 14.5. The van der Waals surface area contributed by atoms with Gasteiger partial charge in [0.15, 0.2) is 17.3 Å². The van der Waals surface area contributed by atoms with Crippen molar-refractivity contribution in [2.24, 2.45) is 5.10 Å². The topological polar surface area (TPSA) is 78.9 Å². The third-order valence-electron chi connectivity index (χ3n) is 6.47. The van der Waals surface area contributed by atoms with Crippen LogP contribution in [0, 0.1) is 5.82 Å². The average Bonchev–Trinajstić information content (AvgIpc) is 3.42. The molecule has 2 aromatic heterocycles. The Balaban J connectivity index is 1.43. The van der Waals surface area contributed by atoms with Gasteiger partial charge in [-0.15, -0.1) is 0 Å². The Morgan fingerprint density at radius 1 is 1.07 bits per heavy atom. The number of hydrogen-bond acceptors (Lipinski definition) is 6. The quantitative estimate of drug-likeness (QED) is 0.155. The molecule has 0 saturated heterocycles. The van der Waals surface area contributed by atoms with Gasteiger partial charge in [-0.1, -0.05) is 57.9 Å². The lowest BCUT2D eigenvalue weighted by Gasteiger charge is -2.15. The predicted molar refractivity (Wildman–Crippen MR) is 168 cm³/mol. The molecule has 0 radical (unpaired) electrons. The number of furan rings is 1. The van der Waals surface area contributed by atoms with Gasteiger partial charge in [-0.25, -0.2) is 9.37 Å². The maximum atomic E-state index is 14.1. The van der Waals surface area contributed by atoms with Crippen molar-refractivity contribution in [1.29, 1.82) is 0 Å². The second-order valence-corrected chi connectivity index (χ2v) is 11.2. The summed E-state index contributed by atoms with van der Waals surface area (Å²) in [6.07, 6.45) is 1.46. The van der Waals surface area contributed by atoms with E-state index < -0.39 is 5.82 Å². The highest BCUT2D eigenvalue weighted by Crippen LogP contribution is 2.42. The molecule has 0 amide bonds. The van der Waals surface area contributed by atoms with E-state index in [4.69, 9.17) is 30.5 Å². The fraction of sp³-hybridized carbons (Fsp3) is 0.0645. The van der Waals surface area contributed by atoms with Gasteiger partial charge in [0.25, 0.3) is 5.56 Å². The summed E-state index contributed by atoms with van der Waals surface area (Å²) in [5.74, 6) is 0.729. The van der Waals surface area contributed by atoms with Crippen LogP contribution in [0.15, 0.2) is 102 Å². The zero-order chi connectivity index (χ0) is 29.4. The van der Waals surface area contributed by atoms with Crippen LogP contribution in [0.2, 0.25) is 5.02 Å². The molecule has 0 aliphatic heterocycles. The van der Waals surface area contributed by atoms with Crippen LogP contribution in [-0.4, -0.2) is 23.0 Å². The molecule has 6 aromatic rings. The molecule has 7 nitrogen and oxygen atoms in total. The van der Waals surface area contributed by atoms with Gasteiger partial charge in [0.05, 0.1) is 24.2 Å². The third-order valence-corrected chi connectivity index (χ3v) is 8.41. The third kappa shape index (κ3) is 5.33. The van der Waals surface area contributed by atoms with Gasteiger partial charge < -0.3 is 13.9 Å². The number of nitrogens with zero attached hydrogens (tertiary/aromatic N) is 3. The Bertz CT molecular complexity index is 2080. The number of para-hydroxylation sites is 1. The maximum Gasteiger partial charge on any atom is 0.282 e. The van der Waals surface area contributed by atoms with E-state index in [1.165, 1.54) is 24.1 Å². The summed E-state index contributed by atoms with van der Waals surface area (Å²) in [5, 5.41) is 5.94. The Morgan fingerprint density at radius 2 is 1.86 bits per heavy atom. The van der Waals surface area contributed by atoms with Gasteiger partial charge in [0.2, 0.25) is 5.82 Å². The Kier molecular flexibility index (Phi) is 7.85. The smallest absolute Gasteiger partial charge is 0.282 e. The highest BCUT2D eigenvalue weighted by atomic mass is 79.9. The van der Waals surface area contributed by atoms with E-state index in [-0.39, 0.29) is 28.8 Å². The highest BCUT2D eigenvalue weighted by molar-refractivity contribution is 9.10. The van der Waals surface area contributed by atoms with Gasteiger partial charge in [0.1, 0.15) is 23.0 Å². The lowest BCUT2D eigenvalue weighted by atomic mass is 10.2. The summed E-state index contributed by atoms with van der Waals surface area (Å²) in [4.78, 5) is 18.4. The minimum Gasteiger partial charge on any atom is -0.493 e. The van der Waals surface area contributed by atoms with E-state index in [1.54, 1.807) is 48.5 Å². The first kappa shape index (κ1) is 28.1. The molecule has 6 rings (SSSR count). The number of fused-ring (bicyclic) bond motifs is 2. The number of ether oxygens (including phenoxy) is 2. The maximum absolute atomic E-state index is 14.1. The number of hydrogen-bond donors (Lipinski definition) is 0. The van der Waals surface area contributed by atoms with Gasteiger partial charge >= 0.3 is 0 Å². The molecule has 0 N–H and O–H groups in total. The van der Waals surface area contributed by atoms with Crippen molar-refractivity contribution < 1.29 is 18.3 Å². The molecule has 2 heterocycles. The molecule has 0 aliphatic rings. The first-order chi connectivity index (χ1) is 20.3. The summed E-state index contributed by atoms with van der Waals surface area (Å²) in [7, 11) is 1.46. The number of halogens is 4.